The van der Waals surface area contributed by atoms with Crippen molar-refractivity contribution in [2.75, 3.05) is 23.7 Å². The van der Waals surface area contributed by atoms with Crippen molar-refractivity contribution in [2.45, 2.75) is 40.0 Å². The fourth-order valence-corrected chi connectivity index (χ4v) is 2.65. The molecule has 0 bridgehead atoms. The van der Waals surface area contributed by atoms with Gasteiger partial charge in [-0.25, -0.2) is 4.79 Å². The monoisotopic (exact) mass is 303 g/mol. The van der Waals surface area contributed by atoms with Gasteiger partial charge in [0.25, 0.3) is 0 Å². The first kappa shape index (κ1) is 16.3. The maximum absolute atomic E-state index is 12.4. The van der Waals surface area contributed by atoms with E-state index in [0.29, 0.717) is 18.0 Å². The van der Waals surface area contributed by atoms with Crippen LogP contribution in [0.15, 0.2) is 18.2 Å². The predicted octanol–water partition coefficient (Wildman–Crippen LogP) is 3.61. The Morgan fingerprint density at radius 1 is 1.32 bits per heavy atom. The molecule has 22 heavy (non-hydrogen) atoms. The largest absolute Gasteiger partial charge is 0.326 e. The summed E-state index contributed by atoms with van der Waals surface area (Å²) in [7, 11) is 0. The molecule has 1 atom stereocenters. The number of anilines is 2. The molecule has 0 aromatic heterocycles. The Balaban J connectivity index is 2.06. The molecule has 0 unspecified atom stereocenters. The van der Waals surface area contributed by atoms with Crippen LogP contribution in [0.4, 0.5) is 16.2 Å². The third kappa shape index (κ3) is 4.23. The lowest BCUT2D eigenvalue weighted by molar-refractivity contribution is -0.115. The molecule has 0 aliphatic carbocycles. The number of carbonyl (C=O) groups excluding carboxylic acids is 2. The van der Waals surface area contributed by atoms with Gasteiger partial charge < -0.3 is 15.5 Å². The summed E-state index contributed by atoms with van der Waals surface area (Å²) in [6.45, 7) is 7.54. The van der Waals surface area contributed by atoms with Gasteiger partial charge in [-0.2, -0.15) is 0 Å². The van der Waals surface area contributed by atoms with E-state index in [1.54, 1.807) is 0 Å². The van der Waals surface area contributed by atoms with E-state index in [9.17, 15) is 9.59 Å². The highest BCUT2D eigenvalue weighted by Gasteiger charge is 2.21. The van der Waals surface area contributed by atoms with Crippen LogP contribution in [-0.2, 0) is 4.79 Å². The minimum atomic E-state index is -0.0615. The van der Waals surface area contributed by atoms with Crippen molar-refractivity contribution in [3.8, 4) is 0 Å². The van der Waals surface area contributed by atoms with Gasteiger partial charge in [0, 0.05) is 30.9 Å². The van der Waals surface area contributed by atoms with Crippen LogP contribution in [0.2, 0.25) is 0 Å². The molecule has 1 fully saturated rings. The summed E-state index contributed by atoms with van der Waals surface area (Å²) in [5, 5.41) is 5.78. The molecule has 0 radical (unpaired) electrons. The first-order valence-corrected chi connectivity index (χ1v) is 7.96. The zero-order chi connectivity index (χ0) is 16.1. The fourth-order valence-electron chi connectivity index (χ4n) is 2.65. The molecule has 1 saturated heterocycles. The molecule has 120 valence electrons. The lowest BCUT2D eigenvalue weighted by Crippen LogP contribution is -2.41. The average Bonchev–Trinajstić information content (AvgIpc) is 2.50. The summed E-state index contributed by atoms with van der Waals surface area (Å²) in [4.78, 5) is 25.7. The molecule has 0 saturated carbocycles. The van der Waals surface area contributed by atoms with Gasteiger partial charge in [0.05, 0.1) is 0 Å². The van der Waals surface area contributed by atoms with E-state index < -0.39 is 0 Å². The van der Waals surface area contributed by atoms with Crippen LogP contribution < -0.4 is 10.6 Å². The lowest BCUT2D eigenvalue weighted by atomic mass is 10.0. The smallest absolute Gasteiger partial charge is 0.321 e. The van der Waals surface area contributed by atoms with Gasteiger partial charge in [-0.05, 0) is 43.4 Å². The van der Waals surface area contributed by atoms with Crippen LogP contribution in [0.25, 0.3) is 0 Å². The van der Waals surface area contributed by atoms with Crippen LogP contribution in [0.5, 0.6) is 0 Å². The molecule has 1 aliphatic heterocycles. The van der Waals surface area contributed by atoms with E-state index >= 15 is 0 Å². The van der Waals surface area contributed by atoms with E-state index in [2.05, 4.69) is 17.6 Å². The van der Waals surface area contributed by atoms with Crippen molar-refractivity contribution < 1.29 is 9.59 Å². The first-order chi connectivity index (χ1) is 10.5. The number of nitrogens with zero attached hydrogens (tertiary/aromatic N) is 1. The van der Waals surface area contributed by atoms with Gasteiger partial charge in [-0.15, -0.1) is 0 Å². The summed E-state index contributed by atoms with van der Waals surface area (Å²) in [5.74, 6) is 0.516. The molecule has 5 heteroatoms. The van der Waals surface area contributed by atoms with E-state index in [0.717, 1.165) is 30.8 Å². The average molecular weight is 303 g/mol. The molecule has 3 amide bonds. The van der Waals surface area contributed by atoms with Gasteiger partial charge in [-0.1, -0.05) is 19.9 Å². The zero-order valence-corrected chi connectivity index (χ0v) is 13.6. The number of amides is 3. The summed E-state index contributed by atoms with van der Waals surface area (Å²) in [5.41, 5.74) is 2.43. The van der Waals surface area contributed by atoms with Gasteiger partial charge >= 0.3 is 6.03 Å². The number of hydrogen-bond donors (Lipinski definition) is 2. The van der Waals surface area contributed by atoms with Gasteiger partial charge in [-0.3, -0.25) is 4.79 Å². The summed E-state index contributed by atoms with van der Waals surface area (Å²) in [6, 6.07) is 5.50. The Bertz CT molecular complexity index is 557. The number of nitrogens with one attached hydrogen (secondary N) is 2. The summed E-state index contributed by atoms with van der Waals surface area (Å²) in [6.07, 6.45) is 2.67. The van der Waals surface area contributed by atoms with E-state index in [1.807, 2.05) is 36.9 Å². The van der Waals surface area contributed by atoms with Crippen LogP contribution in [0.3, 0.4) is 0 Å². The number of carbonyl (C=O) groups is 2. The van der Waals surface area contributed by atoms with Crippen molar-refractivity contribution in [2.24, 2.45) is 5.92 Å². The van der Waals surface area contributed by atoms with Gasteiger partial charge in [0.15, 0.2) is 0 Å². The number of likely N-dealkylation sites (tertiary alicyclic amines) is 1. The molecular formula is C17H25N3O2. The van der Waals surface area contributed by atoms with Crippen molar-refractivity contribution in [3.05, 3.63) is 23.8 Å². The second-order valence-electron chi connectivity index (χ2n) is 6.05. The molecule has 2 rings (SSSR count). The number of urea groups is 1. The molecule has 1 heterocycles. The third-order valence-corrected chi connectivity index (χ3v) is 4.03. The fraction of sp³-hybridized carbons (Fsp3) is 0.529. The highest BCUT2D eigenvalue weighted by Crippen LogP contribution is 2.22. The normalized spacial score (nSPS) is 18.0. The Kier molecular flexibility index (Phi) is 5.41. The lowest BCUT2D eigenvalue weighted by Gasteiger charge is -2.31. The molecule has 2 N–H and O–H groups in total. The maximum atomic E-state index is 12.4. The summed E-state index contributed by atoms with van der Waals surface area (Å²) < 4.78 is 0. The standard InChI is InChI=1S/C17H25N3O2/c1-4-16(21)18-14-8-7-13(3)15(10-14)19-17(22)20-9-5-6-12(2)11-20/h7-8,10,12H,4-6,9,11H2,1-3H3,(H,18,21)(H,19,22)/t12-/m0/s1. The Hall–Kier alpha value is -2.04. The van der Waals surface area contributed by atoms with E-state index in [4.69, 9.17) is 0 Å². The molecule has 1 aromatic carbocycles. The van der Waals surface area contributed by atoms with Crippen molar-refractivity contribution in [3.63, 3.8) is 0 Å². The molecule has 5 nitrogen and oxygen atoms in total. The third-order valence-electron chi connectivity index (χ3n) is 4.03. The van der Waals surface area contributed by atoms with Gasteiger partial charge in [0.1, 0.15) is 0 Å². The second-order valence-corrected chi connectivity index (χ2v) is 6.05. The first-order valence-electron chi connectivity index (χ1n) is 7.96. The minimum absolute atomic E-state index is 0.0361. The Labute approximate surface area is 132 Å². The van der Waals surface area contributed by atoms with Crippen LogP contribution in [-0.4, -0.2) is 29.9 Å². The quantitative estimate of drug-likeness (QED) is 0.896. The van der Waals surface area contributed by atoms with E-state index in [1.165, 1.54) is 6.42 Å². The Morgan fingerprint density at radius 2 is 2.09 bits per heavy atom. The molecule has 0 spiro atoms. The predicted molar refractivity (Wildman–Crippen MR) is 89.1 cm³/mol. The van der Waals surface area contributed by atoms with Crippen molar-refractivity contribution in [1.82, 2.24) is 4.90 Å². The van der Waals surface area contributed by atoms with Gasteiger partial charge in [0.2, 0.25) is 5.91 Å². The highest BCUT2D eigenvalue weighted by molar-refractivity contribution is 5.94. The maximum Gasteiger partial charge on any atom is 0.321 e. The Morgan fingerprint density at radius 3 is 2.77 bits per heavy atom. The molecular weight excluding hydrogens is 278 g/mol. The van der Waals surface area contributed by atoms with Crippen LogP contribution in [0, 0.1) is 12.8 Å². The van der Waals surface area contributed by atoms with Crippen LogP contribution >= 0.6 is 0 Å². The van der Waals surface area contributed by atoms with Crippen LogP contribution in [0.1, 0.15) is 38.7 Å². The van der Waals surface area contributed by atoms with Crippen molar-refractivity contribution in [1.29, 1.82) is 0 Å². The molecule has 1 aromatic rings. The van der Waals surface area contributed by atoms with Crippen molar-refractivity contribution >= 4 is 23.3 Å². The SMILES string of the molecule is CCC(=O)Nc1ccc(C)c(NC(=O)N2CCC[C@H](C)C2)c1. The summed E-state index contributed by atoms with van der Waals surface area (Å²) >= 11 is 0. The number of benzene rings is 1. The second kappa shape index (κ2) is 7.29. The molecule has 1 aliphatic rings. The minimum Gasteiger partial charge on any atom is -0.326 e. The number of hydrogen-bond acceptors (Lipinski definition) is 2. The topological polar surface area (TPSA) is 61.4 Å². The highest BCUT2D eigenvalue weighted by atomic mass is 16.2. The number of aryl methyl sites for hydroxylation is 1. The van der Waals surface area contributed by atoms with E-state index in [-0.39, 0.29) is 11.9 Å². The number of piperidine rings is 1. The number of rotatable bonds is 3. The zero-order valence-electron chi connectivity index (χ0n) is 13.6.